The number of allylic oxidation sites excluding steroid dienone is 1. The van der Waals surface area contributed by atoms with Gasteiger partial charge in [-0.15, -0.1) is 0 Å². The van der Waals surface area contributed by atoms with Gasteiger partial charge in [0, 0.05) is 34.2 Å². The zero-order valence-corrected chi connectivity index (χ0v) is 17.4. The fourth-order valence-electron chi connectivity index (χ4n) is 4.15. The second kappa shape index (κ2) is 8.41. The van der Waals surface area contributed by atoms with Gasteiger partial charge >= 0.3 is 6.18 Å². The van der Waals surface area contributed by atoms with Gasteiger partial charge in [-0.3, -0.25) is 0 Å². The largest absolute Gasteiger partial charge is 0.416 e. The molecule has 0 bridgehead atoms. The van der Waals surface area contributed by atoms with Gasteiger partial charge in [0.25, 0.3) is 0 Å². The summed E-state index contributed by atoms with van der Waals surface area (Å²) in [6.07, 6.45) is -2.30. The highest BCUT2D eigenvalue weighted by Gasteiger charge is 2.36. The highest BCUT2D eigenvalue weighted by Crippen LogP contribution is 2.38. The van der Waals surface area contributed by atoms with E-state index in [0.717, 1.165) is 36.2 Å². The molecule has 1 atom stereocenters. The number of nitrogens with zero attached hydrogens (tertiary/aromatic N) is 1. The molecule has 32 heavy (non-hydrogen) atoms. The monoisotopic (exact) mass is 447 g/mol. The lowest BCUT2D eigenvalue weighted by molar-refractivity contribution is -0.138. The fraction of sp³-hybridized carbons (Fsp3) is 0.292. The van der Waals surface area contributed by atoms with Crippen LogP contribution >= 0.6 is 0 Å². The van der Waals surface area contributed by atoms with Crippen molar-refractivity contribution >= 4 is 11.5 Å². The Balaban J connectivity index is 1.73. The second-order valence-corrected chi connectivity index (χ2v) is 7.94. The Morgan fingerprint density at radius 3 is 2.59 bits per heavy atom. The number of hydrogen-bond donors (Lipinski definition) is 2. The molecule has 0 fully saturated rings. The lowest BCUT2D eigenvalue weighted by Crippen LogP contribution is -2.36. The second-order valence-electron chi connectivity index (χ2n) is 7.94. The van der Waals surface area contributed by atoms with Crippen LogP contribution < -0.4 is 10.6 Å². The smallest absolute Gasteiger partial charge is 0.363 e. The number of benzene rings is 2. The van der Waals surface area contributed by atoms with E-state index in [2.05, 4.69) is 22.2 Å². The topological polar surface area (TPSA) is 36.4 Å². The van der Waals surface area contributed by atoms with Crippen LogP contribution in [0.15, 0.2) is 59.2 Å². The number of hydrogen-bond acceptors (Lipinski definition) is 3. The molecule has 1 heterocycles. The van der Waals surface area contributed by atoms with Crippen LogP contribution in [-0.2, 0) is 6.18 Å². The van der Waals surface area contributed by atoms with Crippen molar-refractivity contribution in [3.63, 3.8) is 0 Å². The van der Waals surface area contributed by atoms with Crippen LogP contribution in [0, 0.1) is 18.6 Å². The summed E-state index contributed by atoms with van der Waals surface area (Å²) < 4.78 is 68.6. The van der Waals surface area contributed by atoms with Crippen LogP contribution in [-0.4, -0.2) is 5.84 Å². The summed E-state index contributed by atoms with van der Waals surface area (Å²) in [6, 6.07) is 7.27. The van der Waals surface area contributed by atoms with Crippen molar-refractivity contribution in [2.24, 2.45) is 4.99 Å². The maximum atomic E-state index is 14.0. The van der Waals surface area contributed by atoms with Crippen LogP contribution in [0.4, 0.5) is 22.0 Å². The average molecular weight is 447 g/mol. The van der Waals surface area contributed by atoms with Gasteiger partial charge in [-0.1, -0.05) is 24.8 Å². The molecule has 0 radical (unpaired) electrons. The van der Waals surface area contributed by atoms with E-state index in [1.54, 1.807) is 0 Å². The minimum absolute atomic E-state index is 0.00927. The summed E-state index contributed by atoms with van der Waals surface area (Å²) in [4.78, 5) is 4.54. The Kier molecular flexibility index (Phi) is 5.79. The maximum Gasteiger partial charge on any atom is 0.416 e. The number of alkyl halides is 3. The molecule has 3 nitrogen and oxygen atoms in total. The van der Waals surface area contributed by atoms with E-state index >= 15 is 0 Å². The van der Waals surface area contributed by atoms with Crippen molar-refractivity contribution in [2.45, 2.75) is 44.9 Å². The molecule has 8 heteroatoms. The van der Waals surface area contributed by atoms with Crippen LogP contribution in [0.1, 0.15) is 54.1 Å². The van der Waals surface area contributed by atoms with Crippen molar-refractivity contribution in [3.05, 3.63) is 88.1 Å². The molecule has 2 aromatic rings. The molecular weight excluding hydrogens is 425 g/mol. The summed E-state index contributed by atoms with van der Waals surface area (Å²) in [7, 11) is 0. The zero-order chi connectivity index (χ0) is 23.0. The van der Waals surface area contributed by atoms with Crippen molar-refractivity contribution in [1.29, 1.82) is 0 Å². The third-order valence-electron chi connectivity index (χ3n) is 5.79. The summed E-state index contributed by atoms with van der Waals surface area (Å²) in [5.41, 5.74) is 1.61. The molecule has 4 rings (SSSR count). The first-order chi connectivity index (χ1) is 15.1. The Bertz CT molecular complexity index is 1130. The molecule has 2 N–H and O–H groups in total. The third-order valence-corrected chi connectivity index (χ3v) is 5.79. The molecule has 2 aliphatic rings. The summed E-state index contributed by atoms with van der Waals surface area (Å²) >= 11 is 0. The zero-order valence-electron chi connectivity index (χ0n) is 17.4. The first-order valence-electron chi connectivity index (χ1n) is 10.3. The molecule has 0 spiro atoms. The van der Waals surface area contributed by atoms with Crippen molar-refractivity contribution in [3.8, 4) is 0 Å². The first-order valence-corrected chi connectivity index (χ1v) is 10.3. The Morgan fingerprint density at radius 2 is 1.84 bits per heavy atom. The van der Waals surface area contributed by atoms with Gasteiger partial charge in [0.05, 0.1) is 5.56 Å². The SMILES string of the molecule is C=C(NC1=NC(c2ccccc2C(F)(F)F)NC2=C1CCCC2)c1cc(F)cc(F)c1C. The van der Waals surface area contributed by atoms with E-state index in [1.165, 1.54) is 31.2 Å². The standard InChI is InChI=1S/C24H22F5N3/c1-13-18(11-15(25)12-20(13)26)14(2)30-23-17-8-4-6-10-21(17)31-22(32-23)16-7-3-5-9-19(16)24(27,28)29/h3,5,7,9,11-12,22,31H,2,4,6,8,10H2,1H3,(H,30,32). The molecular formula is C24H22F5N3. The van der Waals surface area contributed by atoms with Gasteiger partial charge in [0.1, 0.15) is 23.6 Å². The Labute approximate surface area is 182 Å². The first kappa shape index (κ1) is 22.0. The summed E-state index contributed by atoms with van der Waals surface area (Å²) in [5.74, 6) is -1.08. The third kappa shape index (κ3) is 4.26. The van der Waals surface area contributed by atoms with Gasteiger partial charge in [-0.2, -0.15) is 13.2 Å². The highest BCUT2D eigenvalue weighted by molar-refractivity contribution is 6.04. The molecule has 0 aromatic heterocycles. The molecule has 0 saturated heterocycles. The van der Waals surface area contributed by atoms with Crippen LogP contribution in [0.25, 0.3) is 5.70 Å². The number of halogens is 5. The van der Waals surface area contributed by atoms with Crippen LogP contribution in [0.5, 0.6) is 0 Å². The molecule has 1 aliphatic heterocycles. The molecule has 1 unspecified atom stereocenters. The summed E-state index contributed by atoms with van der Waals surface area (Å²) in [5, 5.41) is 6.19. The van der Waals surface area contributed by atoms with Gasteiger partial charge in [-0.25, -0.2) is 13.8 Å². The minimum Gasteiger partial charge on any atom is -0.363 e. The average Bonchev–Trinajstić information content (AvgIpc) is 2.75. The molecule has 0 saturated carbocycles. The van der Waals surface area contributed by atoms with Crippen molar-refractivity contribution < 1.29 is 22.0 Å². The lowest BCUT2D eigenvalue weighted by Gasteiger charge is -2.33. The van der Waals surface area contributed by atoms with Gasteiger partial charge < -0.3 is 10.6 Å². The lowest BCUT2D eigenvalue weighted by atomic mass is 9.92. The molecule has 0 amide bonds. The minimum atomic E-state index is -4.53. The van der Waals surface area contributed by atoms with E-state index < -0.39 is 29.5 Å². The normalized spacial score (nSPS) is 18.6. The van der Waals surface area contributed by atoms with Crippen LogP contribution in [0.3, 0.4) is 0 Å². The van der Waals surface area contributed by atoms with Gasteiger partial charge in [0.15, 0.2) is 0 Å². The van der Waals surface area contributed by atoms with Gasteiger partial charge in [0.2, 0.25) is 0 Å². The quantitative estimate of drug-likeness (QED) is 0.536. The number of aliphatic imine (C=N–C) groups is 1. The highest BCUT2D eigenvalue weighted by atomic mass is 19.4. The van der Waals surface area contributed by atoms with E-state index in [0.29, 0.717) is 18.7 Å². The summed E-state index contributed by atoms with van der Waals surface area (Å²) in [6.45, 7) is 5.41. The van der Waals surface area contributed by atoms with E-state index in [-0.39, 0.29) is 22.4 Å². The van der Waals surface area contributed by atoms with E-state index in [4.69, 9.17) is 0 Å². The van der Waals surface area contributed by atoms with E-state index in [9.17, 15) is 22.0 Å². The van der Waals surface area contributed by atoms with E-state index in [1.807, 2.05) is 0 Å². The predicted octanol–water partition coefficient (Wildman–Crippen LogP) is 6.38. The number of amidine groups is 1. The number of rotatable bonds is 3. The maximum absolute atomic E-state index is 14.0. The van der Waals surface area contributed by atoms with Crippen molar-refractivity contribution in [2.75, 3.05) is 0 Å². The van der Waals surface area contributed by atoms with Gasteiger partial charge in [-0.05, 0) is 50.3 Å². The molecule has 2 aromatic carbocycles. The fourth-order valence-corrected chi connectivity index (χ4v) is 4.15. The predicted molar refractivity (Wildman–Crippen MR) is 114 cm³/mol. The van der Waals surface area contributed by atoms with Crippen LogP contribution in [0.2, 0.25) is 0 Å². The molecule has 168 valence electrons. The Hall–Kier alpha value is -3.16. The number of nitrogens with one attached hydrogen (secondary N) is 2. The Morgan fingerprint density at radius 1 is 1.12 bits per heavy atom. The van der Waals surface area contributed by atoms with Crippen molar-refractivity contribution in [1.82, 2.24) is 10.6 Å². The molecule has 1 aliphatic carbocycles.